The summed E-state index contributed by atoms with van der Waals surface area (Å²) in [6.07, 6.45) is 0. The van der Waals surface area contributed by atoms with Crippen LogP contribution in [0.4, 0.5) is 5.69 Å². The van der Waals surface area contributed by atoms with Crippen LogP contribution in [0.5, 0.6) is 5.75 Å². The maximum atomic E-state index is 12.7. The average molecular weight is 502 g/mol. The number of carbonyl (C=O) groups excluding carboxylic acids is 2. The van der Waals surface area contributed by atoms with Crippen molar-refractivity contribution in [3.63, 3.8) is 0 Å². The van der Waals surface area contributed by atoms with Crippen molar-refractivity contribution in [3.8, 4) is 11.4 Å². The van der Waals surface area contributed by atoms with Crippen LogP contribution in [0, 0.1) is 13.8 Å². The molecule has 0 bridgehead atoms. The summed E-state index contributed by atoms with van der Waals surface area (Å²) >= 11 is 1.28. The van der Waals surface area contributed by atoms with Gasteiger partial charge in [-0.25, -0.2) is 0 Å². The molecular formula is C27H27N5O3S. The van der Waals surface area contributed by atoms with Crippen molar-refractivity contribution in [2.24, 2.45) is 0 Å². The number of para-hydroxylation sites is 1. The molecule has 2 N–H and O–H groups in total. The van der Waals surface area contributed by atoms with E-state index in [2.05, 4.69) is 20.8 Å². The third-order valence-corrected chi connectivity index (χ3v) is 6.38. The molecule has 0 unspecified atom stereocenters. The first kappa shape index (κ1) is 25.0. The second kappa shape index (κ2) is 11.5. The van der Waals surface area contributed by atoms with Crippen molar-refractivity contribution in [1.29, 1.82) is 0 Å². The highest BCUT2D eigenvalue weighted by molar-refractivity contribution is 7.99. The number of rotatable bonds is 9. The second-order valence-electron chi connectivity index (χ2n) is 8.14. The van der Waals surface area contributed by atoms with E-state index >= 15 is 0 Å². The van der Waals surface area contributed by atoms with E-state index in [1.54, 1.807) is 31.4 Å². The molecule has 1 aromatic heterocycles. The summed E-state index contributed by atoms with van der Waals surface area (Å²) in [6, 6.07) is 22.5. The predicted molar refractivity (Wildman–Crippen MR) is 141 cm³/mol. The fourth-order valence-corrected chi connectivity index (χ4v) is 4.33. The molecule has 184 valence electrons. The van der Waals surface area contributed by atoms with Crippen molar-refractivity contribution in [2.75, 3.05) is 18.2 Å². The van der Waals surface area contributed by atoms with Crippen LogP contribution < -0.4 is 15.4 Å². The molecule has 3 aromatic carbocycles. The molecule has 0 radical (unpaired) electrons. The van der Waals surface area contributed by atoms with E-state index in [0.29, 0.717) is 22.3 Å². The van der Waals surface area contributed by atoms with E-state index in [0.717, 1.165) is 22.5 Å². The number of amides is 2. The number of aromatic nitrogens is 3. The number of hydrogen-bond acceptors (Lipinski definition) is 6. The molecule has 0 fully saturated rings. The van der Waals surface area contributed by atoms with Gasteiger partial charge in [0, 0.05) is 16.9 Å². The molecule has 4 aromatic rings. The summed E-state index contributed by atoms with van der Waals surface area (Å²) in [5.74, 6) is 0.930. The van der Waals surface area contributed by atoms with Crippen LogP contribution in [-0.4, -0.2) is 39.4 Å². The van der Waals surface area contributed by atoms with Gasteiger partial charge in [0.15, 0.2) is 11.0 Å². The lowest BCUT2D eigenvalue weighted by Gasteiger charge is -2.12. The van der Waals surface area contributed by atoms with E-state index in [9.17, 15) is 9.59 Å². The Morgan fingerprint density at radius 1 is 0.972 bits per heavy atom. The number of anilines is 1. The number of carbonyl (C=O) groups is 2. The zero-order chi connectivity index (χ0) is 25.5. The molecular weight excluding hydrogens is 474 g/mol. The summed E-state index contributed by atoms with van der Waals surface area (Å²) in [7, 11) is 1.56. The molecule has 36 heavy (non-hydrogen) atoms. The molecule has 0 saturated heterocycles. The Bertz CT molecular complexity index is 1370. The average Bonchev–Trinajstić information content (AvgIpc) is 3.31. The third-order valence-electron chi connectivity index (χ3n) is 5.45. The van der Waals surface area contributed by atoms with E-state index in [4.69, 9.17) is 4.74 Å². The molecule has 9 heteroatoms. The molecule has 0 atom stereocenters. The zero-order valence-electron chi connectivity index (χ0n) is 20.3. The largest absolute Gasteiger partial charge is 0.497 e. The number of methoxy groups -OCH3 is 1. The molecule has 0 spiro atoms. The van der Waals surface area contributed by atoms with Crippen LogP contribution in [0.2, 0.25) is 0 Å². The van der Waals surface area contributed by atoms with Crippen molar-refractivity contribution in [1.82, 2.24) is 20.1 Å². The topological polar surface area (TPSA) is 98.1 Å². The third kappa shape index (κ3) is 6.11. The van der Waals surface area contributed by atoms with Gasteiger partial charge in [-0.2, -0.15) is 0 Å². The number of ether oxygens (including phenoxy) is 1. The maximum Gasteiger partial charge on any atom is 0.251 e. The molecule has 0 aliphatic rings. The minimum atomic E-state index is -0.251. The van der Waals surface area contributed by atoms with E-state index in [1.165, 1.54) is 11.8 Å². The fourth-order valence-electron chi connectivity index (χ4n) is 3.56. The molecule has 0 saturated carbocycles. The lowest BCUT2D eigenvalue weighted by Crippen LogP contribution is -2.24. The number of benzene rings is 3. The van der Waals surface area contributed by atoms with Crippen LogP contribution in [0.3, 0.4) is 0 Å². The first-order chi connectivity index (χ1) is 17.4. The van der Waals surface area contributed by atoms with E-state index in [-0.39, 0.29) is 24.1 Å². The van der Waals surface area contributed by atoms with Crippen LogP contribution >= 0.6 is 11.8 Å². The molecule has 8 nitrogen and oxygen atoms in total. The van der Waals surface area contributed by atoms with Gasteiger partial charge in [0.25, 0.3) is 5.91 Å². The van der Waals surface area contributed by atoms with Crippen LogP contribution in [-0.2, 0) is 11.3 Å². The van der Waals surface area contributed by atoms with Gasteiger partial charge in [0.05, 0.1) is 19.4 Å². The van der Waals surface area contributed by atoms with Gasteiger partial charge in [-0.1, -0.05) is 48.2 Å². The van der Waals surface area contributed by atoms with Gasteiger partial charge in [-0.05, 0) is 61.4 Å². The molecule has 2 amide bonds. The Morgan fingerprint density at radius 3 is 2.56 bits per heavy atom. The summed E-state index contributed by atoms with van der Waals surface area (Å²) in [4.78, 5) is 25.4. The van der Waals surface area contributed by atoms with Crippen LogP contribution in [0.1, 0.15) is 27.3 Å². The first-order valence-corrected chi connectivity index (χ1v) is 12.3. The Kier molecular flexibility index (Phi) is 8.02. The smallest absolute Gasteiger partial charge is 0.251 e. The highest BCUT2D eigenvalue weighted by atomic mass is 32.2. The Balaban J connectivity index is 1.48. The molecule has 4 rings (SSSR count). The predicted octanol–water partition coefficient (Wildman–Crippen LogP) is 4.55. The maximum absolute atomic E-state index is 12.7. The summed E-state index contributed by atoms with van der Waals surface area (Å²) < 4.78 is 7.05. The van der Waals surface area contributed by atoms with Crippen LogP contribution in [0.25, 0.3) is 5.69 Å². The molecule has 0 aliphatic heterocycles. The van der Waals surface area contributed by atoms with E-state index < -0.39 is 0 Å². The summed E-state index contributed by atoms with van der Waals surface area (Å²) in [6.45, 7) is 4.11. The van der Waals surface area contributed by atoms with Gasteiger partial charge in [-0.3, -0.25) is 14.2 Å². The number of nitrogens with one attached hydrogen (secondary N) is 2. The lowest BCUT2D eigenvalue weighted by molar-refractivity contribution is -0.113. The number of nitrogens with zero attached hydrogens (tertiary/aromatic N) is 3. The normalized spacial score (nSPS) is 10.6. The standard InChI is InChI=1S/C27H27N5O3S/c1-18-12-13-19(2)23(14-18)29-25(33)17-36-27-31-30-24(32(27)21-9-5-4-6-10-21)16-28-26(34)20-8-7-11-22(15-20)35-3/h4-15H,16-17H2,1-3H3,(H,28,34)(H,29,33). The fraction of sp³-hybridized carbons (Fsp3) is 0.185. The van der Waals surface area contributed by atoms with Crippen molar-refractivity contribution < 1.29 is 14.3 Å². The molecule has 1 heterocycles. The molecule has 0 aliphatic carbocycles. The monoisotopic (exact) mass is 501 g/mol. The highest BCUT2D eigenvalue weighted by Gasteiger charge is 2.17. The van der Waals surface area contributed by atoms with Gasteiger partial charge in [-0.15, -0.1) is 10.2 Å². The Labute approximate surface area is 214 Å². The van der Waals surface area contributed by atoms with Gasteiger partial charge >= 0.3 is 0 Å². The van der Waals surface area contributed by atoms with Gasteiger partial charge < -0.3 is 15.4 Å². The highest BCUT2D eigenvalue weighted by Crippen LogP contribution is 2.23. The number of thioether (sulfide) groups is 1. The van der Waals surface area contributed by atoms with Crippen molar-refractivity contribution in [2.45, 2.75) is 25.5 Å². The van der Waals surface area contributed by atoms with E-state index in [1.807, 2.05) is 66.9 Å². The zero-order valence-corrected chi connectivity index (χ0v) is 21.1. The minimum Gasteiger partial charge on any atom is -0.497 e. The Hall–Kier alpha value is -4.11. The van der Waals surface area contributed by atoms with Crippen LogP contribution in [0.15, 0.2) is 78.0 Å². The quantitative estimate of drug-likeness (QED) is 0.327. The lowest BCUT2D eigenvalue weighted by atomic mass is 10.1. The minimum absolute atomic E-state index is 0.135. The first-order valence-electron chi connectivity index (χ1n) is 11.4. The second-order valence-corrected chi connectivity index (χ2v) is 9.08. The number of aryl methyl sites for hydroxylation is 2. The van der Waals surface area contributed by atoms with Crippen molar-refractivity contribution >= 4 is 29.3 Å². The summed E-state index contributed by atoms with van der Waals surface area (Å²) in [5.41, 5.74) is 4.20. The number of hydrogen-bond donors (Lipinski definition) is 2. The summed E-state index contributed by atoms with van der Waals surface area (Å²) in [5, 5.41) is 15.0. The van der Waals surface area contributed by atoms with Gasteiger partial charge in [0.2, 0.25) is 5.91 Å². The van der Waals surface area contributed by atoms with Gasteiger partial charge in [0.1, 0.15) is 5.75 Å². The van der Waals surface area contributed by atoms with Crippen molar-refractivity contribution in [3.05, 3.63) is 95.3 Å². The Morgan fingerprint density at radius 2 is 1.78 bits per heavy atom. The SMILES string of the molecule is COc1cccc(C(=O)NCc2nnc(SCC(=O)Nc3cc(C)ccc3C)n2-c2ccccc2)c1.